The highest BCUT2D eigenvalue weighted by atomic mass is 32.1. The molecule has 0 aliphatic heterocycles. The van der Waals surface area contributed by atoms with E-state index in [4.69, 9.17) is 16.2 Å². The summed E-state index contributed by atoms with van der Waals surface area (Å²) in [7, 11) is 0. The Balaban J connectivity index is 1.78. The number of carbonyl (C=O) groups is 1. The molecular weight excluding hydrogens is 352 g/mol. The van der Waals surface area contributed by atoms with Crippen LogP contribution in [0.5, 0.6) is 5.75 Å². The number of benzene rings is 2. The molecule has 0 fully saturated rings. The number of primary amides is 1. The number of hydrogen-bond acceptors (Lipinski definition) is 7. The van der Waals surface area contributed by atoms with Gasteiger partial charge in [0.2, 0.25) is 5.91 Å². The third-order valence-electron chi connectivity index (χ3n) is 3.83. The number of hydrogen-bond donors (Lipinski definition) is 4. The first-order valence-electron chi connectivity index (χ1n) is 7.93. The quantitative estimate of drug-likeness (QED) is 0.428. The molecule has 2 heterocycles. The van der Waals surface area contributed by atoms with Crippen molar-refractivity contribution in [3.8, 4) is 5.75 Å². The molecule has 26 heavy (non-hydrogen) atoms. The maximum Gasteiger partial charge on any atom is 0.248 e. The summed E-state index contributed by atoms with van der Waals surface area (Å²) < 4.78 is 6.59. The number of rotatable bonds is 5. The molecule has 8 nitrogen and oxygen atoms in total. The second-order valence-electron chi connectivity index (χ2n) is 5.58. The van der Waals surface area contributed by atoms with Gasteiger partial charge < -0.3 is 26.5 Å². The van der Waals surface area contributed by atoms with E-state index in [1.54, 1.807) is 18.2 Å². The number of anilines is 3. The third-order valence-corrected chi connectivity index (χ3v) is 4.77. The topological polar surface area (TPSA) is 132 Å². The first kappa shape index (κ1) is 16.2. The summed E-state index contributed by atoms with van der Waals surface area (Å²) in [4.78, 5) is 23.4. The standard InChI is InChI=1S/C17H16N6O2S/c1-2-25-11-5-3-8(15(18)24)7-10(11)21-17-23-14-12(26-17)6-4-9-13(14)22-16(19)20-9/h3-7H,2H2,1H3,(H2,18,24)(H,21,23)(H3,19,20,22). The average Bonchev–Trinajstić information content (AvgIpc) is 3.18. The lowest BCUT2D eigenvalue weighted by Crippen LogP contribution is -2.11. The van der Waals surface area contributed by atoms with E-state index in [0.29, 0.717) is 34.7 Å². The van der Waals surface area contributed by atoms with Crippen molar-refractivity contribution in [2.45, 2.75) is 6.92 Å². The number of nitrogens with zero attached hydrogens (tertiary/aromatic N) is 2. The van der Waals surface area contributed by atoms with Gasteiger partial charge in [-0.15, -0.1) is 0 Å². The number of nitrogen functional groups attached to an aromatic ring is 1. The highest BCUT2D eigenvalue weighted by Gasteiger charge is 2.14. The molecule has 4 rings (SSSR count). The number of nitrogens with two attached hydrogens (primary N) is 2. The molecule has 0 atom stereocenters. The number of aromatic nitrogens is 3. The number of fused-ring (bicyclic) bond motifs is 3. The summed E-state index contributed by atoms with van der Waals surface area (Å²) in [5.74, 6) is 0.461. The molecule has 132 valence electrons. The Morgan fingerprint density at radius 1 is 1.27 bits per heavy atom. The van der Waals surface area contributed by atoms with E-state index < -0.39 is 5.91 Å². The number of aromatic amines is 1. The maximum absolute atomic E-state index is 11.5. The van der Waals surface area contributed by atoms with Gasteiger partial charge >= 0.3 is 0 Å². The van der Waals surface area contributed by atoms with E-state index in [9.17, 15) is 4.79 Å². The number of nitrogens with one attached hydrogen (secondary N) is 2. The Hall–Kier alpha value is -3.33. The monoisotopic (exact) mass is 368 g/mol. The molecule has 4 aromatic rings. The molecular formula is C17H16N6O2S. The Morgan fingerprint density at radius 2 is 2.12 bits per heavy atom. The Morgan fingerprint density at radius 3 is 2.88 bits per heavy atom. The number of amides is 1. The lowest BCUT2D eigenvalue weighted by Gasteiger charge is -2.11. The average molecular weight is 368 g/mol. The Kier molecular flexibility index (Phi) is 3.85. The Bertz CT molecular complexity index is 1130. The van der Waals surface area contributed by atoms with Crippen LogP contribution in [-0.2, 0) is 0 Å². The maximum atomic E-state index is 11.5. The van der Waals surface area contributed by atoms with E-state index in [2.05, 4.69) is 20.3 Å². The van der Waals surface area contributed by atoms with Gasteiger partial charge in [-0.1, -0.05) is 11.3 Å². The fourth-order valence-corrected chi connectivity index (χ4v) is 3.59. The smallest absolute Gasteiger partial charge is 0.248 e. The van der Waals surface area contributed by atoms with Crippen LogP contribution < -0.4 is 21.5 Å². The van der Waals surface area contributed by atoms with E-state index >= 15 is 0 Å². The zero-order chi connectivity index (χ0) is 18.3. The second-order valence-corrected chi connectivity index (χ2v) is 6.61. The second kappa shape index (κ2) is 6.19. The van der Waals surface area contributed by atoms with E-state index in [1.165, 1.54) is 11.3 Å². The van der Waals surface area contributed by atoms with E-state index in [1.807, 2.05) is 19.1 Å². The SMILES string of the molecule is CCOc1ccc(C(N)=O)cc1Nc1nc2c(ccc3[nH]c(N)nc32)s1. The molecule has 0 bridgehead atoms. The largest absolute Gasteiger partial charge is 0.492 e. The molecule has 6 N–H and O–H groups in total. The molecule has 1 amide bonds. The fourth-order valence-electron chi connectivity index (χ4n) is 2.71. The zero-order valence-electron chi connectivity index (χ0n) is 13.9. The summed E-state index contributed by atoms with van der Waals surface area (Å²) in [6, 6.07) is 8.88. The highest BCUT2D eigenvalue weighted by Crippen LogP contribution is 2.35. The molecule has 0 saturated carbocycles. The van der Waals surface area contributed by atoms with Crippen LogP contribution in [0.1, 0.15) is 17.3 Å². The number of carbonyl (C=O) groups excluding carboxylic acids is 1. The third kappa shape index (κ3) is 2.78. The van der Waals surface area contributed by atoms with Gasteiger partial charge in [-0.05, 0) is 37.3 Å². The van der Waals surface area contributed by atoms with E-state index in [-0.39, 0.29) is 0 Å². The van der Waals surface area contributed by atoms with Crippen LogP contribution in [0, 0.1) is 0 Å². The van der Waals surface area contributed by atoms with Crippen molar-refractivity contribution in [1.82, 2.24) is 15.0 Å². The van der Waals surface area contributed by atoms with Crippen molar-refractivity contribution in [3.05, 3.63) is 35.9 Å². The van der Waals surface area contributed by atoms with Crippen LogP contribution in [0.15, 0.2) is 30.3 Å². The minimum Gasteiger partial charge on any atom is -0.492 e. The van der Waals surface area contributed by atoms with Gasteiger partial charge in [-0.3, -0.25) is 4.79 Å². The molecule has 0 unspecified atom stereocenters. The predicted octanol–water partition coefficient (Wildman–Crippen LogP) is 3.00. The molecule has 0 spiro atoms. The minimum atomic E-state index is -0.505. The molecule has 0 radical (unpaired) electrons. The van der Waals surface area contributed by atoms with Gasteiger partial charge in [-0.25, -0.2) is 9.97 Å². The first-order chi connectivity index (χ1) is 12.5. The van der Waals surface area contributed by atoms with Gasteiger partial charge in [0.15, 0.2) is 11.1 Å². The van der Waals surface area contributed by atoms with Gasteiger partial charge in [0.25, 0.3) is 0 Å². The summed E-state index contributed by atoms with van der Waals surface area (Å²) in [5, 5.41) is 3.87. The molecule has 2 aromatic heterocycles. The van der Waals surface area contributed by atoms with Crippen molar-refractivity contribution in [1.29, 1.82) is 0 Å². The van der Waals surface area contributed by atoms with Gasteiger partial charge in [-0.2, -0.15) is 0 Å². The summed E-state index contributed by atoms with van der Waals surface area (Å²) in [5.41, 5.74) is 14.4. The number of imidazole rings is 1. The van der Waals surface area contributed by atoms with Crippen LogP contribution in [0.4, 0.5) is 16.8 Å². The van der Waals surface area contributed by atoms with Crippen molar-refractivity contribution in [3.63, 3.8) is 0 Å². The van der Waals surface area contributed by atoms with Crippen molar-refractivity contribution < 1.29 is 9.53 Å². The van der Waals surface area contributed by atoms with Gasteiger partial charge in [0, 0.05) is 5.56 Å². The number of thiazole rings is 1. The lowest BCUT2D eigenvalue weighted by molar-refractivity contribution is 0.100. The Labute approximate surface area is 152 Å². The summed E-state index contributed by atoms with van der Waals surface area (Å²) in [6.07, 6.45) is 0. The summed E-state index contributed by atoms with van der Waals surface area (Å²) in [6.45, 7) is 2.39. The normalized spacial score (nSPS) is 11.1. The zero-order valence-corrected chi connectivity index (χ0v) is 14.7. The summed E-state index contributed by atoms with van der Waals surface area (Å²) >= 11 is 1.47. The van der Waals surface area contributed by atoms with Crippen molar-refractivity contribution in [2.75, 3.05) is 17.7 Å². The van der Waals surface area contributed by atoms with Crippen molar-refractivity contribution in [2.24, 2.45) is 5.73 Å². The van der Waals surface area contributed by atoms with Crippen LogP contribution in [0.2, 0.25) is 0 Å². The number of ether oxygens (including phenoxy) is 1. The lowest BCUT2D eigenvalue weighted by atomic mass is 10.2. The molecule has 2 aromatic carbocycles. The molecule has 0 aliphatic carbocycles. The van der Waals surface area contributed by atoms with Gasteiger partial charge in [0.1, 0.15) is 16.8 Å². The fraction of sp³-hybridized carbons (Fsp3) is 0.118. The van der Waals surface area contributed by atoms with Crippen LogP contribution in [0.3, 0.4) is 0 Å². The van der Waals surface area contributed by atoms with Crippen LogP contribution in [0.25, 0.3) is 21.3 Å². The van der Waals surface area contributed by atoms with Crippen molar-refractivity contribution >= 4 is 55.3 Å². The van der Waals surface area contributed by atoms with Crippen LogP contribution >= 0.6 is 11.3 Å². The van der Waals surface area contributed by atoms with Crippen LogP contribution in [-0.4, -0.2) is 27.5 Å². The van der Waals surface area contributed by atoms with E-state index in [0.717, 1.165) is 21.3 Å². The minimum absolute atomic E-state index is 0.350. The van der Waals surface area contributed by atoms with Gasteiger partial charge in [0.05, 0.1) is 22.5 Å². The number of H-pyrrole nitrogens is 1. The molecule has 0 saturated heterocycles. The first-order valence-corrected chi connectivity index (χ1v) is 8.75. The molecule has 9 heteroatoms. The predicted molar refractivity (Wildman–Crippen MR) is 103 cm³/mol. The highest BCUT2D eigenvalue weighted by molar-refractivity contribution is 7.22. The molecule has 0 aliphatic rings.